The van der Waals surface area contributed by atoms with E-state index in [1.54, 1.807) is 17.5 Å². The molecule has 1 heterocycles. The number of anilines is 1. The lowest BCUT2D eigenvalue weighted by Crippen LogP contribution is -2.28. The summed E-state index contributed by atoms with van der Waals surface area (Å²) in [6.07, 6.45) is -0.0550. The van der Waals surface area contributed by atoms with Crippen LogP contribution in [0.1, 0.15) is 16.1 Å². The Morgan fingerprint density at radius 2 is 1.91 bits per heavy atom. The van der Waals surface area contributed by atoms with Crippen molar-refractivity contribution in [2.24, 2.45) is 5.73 Å². The maximum Gasteiger partial charge on any atom is 0.259 e. The van der Waals surface area contributed by atoms with Gasteiger partial charge >= 0.3 is 0 Å². The number of benzene rings is 2. The van der Waals surface area contributed by atoms with Crippen LogP contribution in [0.4, 0.5) is 5.13 Å². The van der Waals surface area contributed by atoms with Gasteiger partial charge in [0.2, 0.25) is 15.9 Å². The third-order valence-electron chi connectivity index (χ3n) is 4.03. The Morgan fingerprint density at radius 1 is 1.16 bits per heavy atom. The predicted octanol–water partition coefficient (Wildman–Crippen LogP) is 2.43. The lowest BCUT2D eigenvalue weighted by atomic mass is 10.2. The first-order valence-electron chi connectivity index (χ1n) is 9.26. The van der Waals surface area contributed by atoms with Crippen LogP contribution in [0.5, 0.6) is 5.75 Å². The van der Waals surface area contributed by atoms with Gasteiger partial charge in [0.05, 0.1) is 27.6 Å². The van der Waals surface area contributed by atoms with E-state index in [2.05, 4.69) is 15.0 Å². The Hall–Kier alpha value is -2.99. The molecule has 0 fully saturated rings. The second kappa shape index (κ2) is 10.6. The van der Waals surface area contributed by atoms with Crippen LogP contribution >= 0.6 is 22.9 Å². The summed E-state index contributed by atoms with van der Waals surface area (Å²) < 4.78 is 33.1. The van der Waals surface area contributed by atoms with Gasteiger partial charge in [0.1, 0.15) is 12.4 Å². The van der Waals surface area contributed by atoms with Crippen LogP contribution in [0.15, 0.2) is 58.8 Å². The SMILES string of the molecule is NC(=O)Cc1csc(NC(=O)c2cc(S(=O)(=O)NCCOc3ccccc3)ccc2Cl)n1. The number of rotatable bonds is 10. The summed E-state index contributed by atoms with van der Waals surface area (Å²) in [4.78, 5) is 27.5. The number of halogens is 1. The number of nitrogens with zero attached hydrogens (tertiary/aromatic N) is 1. The van der Waals surface area contributed by atoms with Gasteiger partial charge in [-0.15, -0.1) is 11.3 Å². The molecule has 0 aliphatic rings. The standard InChI is InChI=1S/C20H19ClN4O5S2/c21-17-7-6-15(32(28,29)23-8-9-30-14-4-2-1-3-5-14)11-16(17)19(27)25-20-24-13(12-31-20)10-18(22)26/h1-7,11-12,23H,8-10H2,(H2,22,26)(H,24,25,27). The third kappa shape index (κ3) is 6.50. The highest BCUT2D eigenvalue weighted by atomic mass is 35.5. The Bertz CT molecular complexity index is 1220. The average molecular weight is 495 g/mol. The fourth-order valence-electron chi connectivity index (χ4n) is 2.58. The second-order valence-corrected chi connectivity index (χ2v) is 9.47. The fourth-order valence-corrected chi connectivity index (χ4v) is 4.53. The van der Waals surface area contributed by atoms with Gasteiger partial charge in [0.15, 0.2) is 5.13 Å². The lowest BCUT2D eigenvalue weighted by molar-refractivity contribution is -0.117. The van der Waals surface area contributed by atoms with E-state index in [0.29, 0.717) is 11.4 Å². The molecule has 0 bridgehead atoms. The molecule has 9 nitrogen and oxygen atoms in total. The van der Waals surface area contributed by atoms with E-state index in [1.807, 2.05) is 18.2 Å². The van der Waals surface area contributed by atoms with Gasteiger partial charge in [-0.05, 0) is 30.3 Å². The van der Waals surface area contributed by atoms with E-state index in [-0.39, 0.29) is 40.2 Å². The summed E-state index contributed by atoms with van der Waals surface area (Å²) in [5.74, 6) is -0.562. The molecule has 0 aliphatic heterocycles. The van der Waals surface area contributed by atoms with Crippen molar-refractivity contribution in [1.82, 2.24) is 9.71 Å². The van der Waals surface area contributed by atoms with Gasteiger partial charge in [0.25, 0.3) is 5.91 Å². The number of carbonyl (C=O) groups is 2. The van der Waals surface area contributed by atoms with Crippen LogP contribution in [0, 0.1) is 0 Å². The Morgan fingerprint density at radius 3 is 2.62 bits per heavy atom. The van der Waals surface area contributed by atoms with Crippen LogP contribution in [-0.2, 0) is 21.2 Å². The first-order valence-corrected chi connectivity index (χ1v) is 12.0. The van der Waals surface area contributed by atoms with Crippen molar-refractivity contribution in [1.29, 1.82) is 0 Å². The van der Waals surface area contributed by atoms with Crippen molar-refractivity contribution in [3.63, 3.8) is 0 Å². The van der Waals surface area contributed by atoms with Gasteiger partial charge in [-0.3, -0.25) is 14.9 Å². The maximum absolute atomic E-state index is 12.6. The minimum atomic E-state index is -3.90. The number of para-hydroxylation sites is 1. The molecule has 32 heavy (non-hydrogen) atoms. The number of primary amides is 1. The molecule has 1 aromatic heterocycles. The molecule has 0 saturated heterocycles. The molecule has 12 heteroatoms. The van der Waals surface area contributed by atoms with Crippen molar-refractivity contribution in [3.8, 4) is 5.75 Å². The molecular formula is C20H19ClN4O5S2. The monoisotopic (exact) mass is 494 g/mol. The van der Waals surface area contributed by atoms with Crippen LogP contribution in [0.3, 0.4) is 0 Å². The van der Waals surface area contributed by atoms with E-state index in [1.165, 1.54) is 18.2 Å². The van der Waals surface area contributed by atoms with Crippen LogP contribution in [0.25, 0.3) is 0 Å². The van der Waals surface area contributed by atoms with Crippen LogP contribution in [0.2, 0.25) is 5.02 Å². The normalized spacial score (nSPS) is 11.2. The highest BCUT2D eigenvalue weighted by Crippen LogP contribution is 2.23. The van der Waals surface area contributed by atoms with Crippen LogP contribution < -0.4 is 20.5 Å². The Kier molecular flexibility index (Phi) is 7.80. The van der Waals surface area contributed by atoms with Crippen molar-refractivity contribution < 1.29 is 22.7 Å². The van der Waals surface area contributed by atoms with E-state index in [4.69, 9.17) is 22.1 Å². The van der Waals surface area contributed by atoms with Crippen molar-refractivity contribution >= 4 is 49.9 Å². The third-order valence-corrected chi connectivity index (χ3v) is 6.62. The molecule has 4 N–H and O–H groups in total. The quantitative estimate of drug-likeness (QED) is 0.370. The minimum Gasteiger partial charge on any atom is -0.492 e. The molecule has 0 radical (unpaired) electrons. The van der Waals surface area contributed by atoms with Gasteiger partial charge < -0.3 is 10.5 Å². The first kappa shape index (κ1) is 23.7. The van der Waals surface area contributed by atoms with E-state index < -0.39 is 21.8 Å². The summed E-state index contributed by atoms with van der Waals surface area (Å²) in [6.45, 7) is 0.158. The number of carbonyl (C=O) groups excluding carboxylic acids is 2. The molecule has 2 aromatic carbocycles. The maximum atomic E-state index is 12.6. The zero-order chi connectivity index (χ0) is 23.1. The number of nitrogens with one attached hydrogen (secondary N) is 2. The summed E-state index contributed by atoms with van der Waals surface area (Å²) in [7, 11) is -3.90. The van der Waals surface area contributed by atoms with E-state index >= 15 is 0 Å². The van der Waals surface area contributed by atoms with Crippen molar-refractivity contribution in [2.45, 2.75) is 11.3 Å². The number of hydrogen-bond donors (Lipinski definition) is 3. The Labute approximate surface area is 193 Å². The molecule has 0 spiro atoms. The van der Waals surface area contributed by atoms with Crippen molar-refractivity contribution in [3.05, 3.63) is 70.2 Å². The number of hydrogen-bond acceptors (Lipinski definition) is 7. The molecule has 3 aromatic rings. The molecule has 2 amide bonds. The smallest absolute Gasteiger partial charge is 0.259 e. The molecule has 0 atom stereocenters. The number of nitrogens with two attached hydrogens (primary N) is 1. The van der Waals surface area contributed by atoms with Crippen molar-refractivity contribution in [2.75, 3.05) is 18.5 Å². The number of thiazole rings is 1. The van der Waals surface area contributed by atoms with Gasteiger partial charge in [-0.1, -0.05) is 29.8 Å². The van der Waals surface area contributed by atoms with Crippen LogP contribution in [-0.4, -0.2) is 38.4 Å². The highest BCUT2D eigenvalue weighted by molar-refractivity contribution is 7.89. The van der Waals surface area contributed by atoms with Gasteiger partial charge in [-0.25, -0.2) is 18.1 Å². The predicted molar refractivity (Wildman–Crippen MR) is 122 cm³/mol. The first-order chi connectivity index (χ1) is 15.2. The Balaban J connectivity index is 1.65. The van der Waals surface area contributed by atoms with Gasteiger partial charge in [-0.2, -0.15) is 0 Å². The van der Waals surface area contributed by atoms with E-state index in [9.17, 15) is 18.0 Å². The van der Waals surface area contributed by atoms with E-state index in [0.717, 1.165) is 11.3 Å². The summed E-state index contributed by atoms with van der Waals surface area (Å²) in [5.41, 5.74) is 5.51. The number of aromatic nitrogens is 1. The molecule has 0 saturated carbocycles. The largest absolute Gasteiger partial charge is 0.492 e. The number of ether oxygens (including phenoxy) is 1. The average Bonchev–Trinajstić information content (AvgIpc) is 3.18. The molecule has 168 valence electrons. The number of sulfonamides is 1. The molecule has 3 rings (SSSR count). The zero-order valence-electron chi connectivity index (χ0n) is 16.6. The van der Waals surface area contributed by atoms with Gasteiger partial charge in [0, 0.05) is 11.9 Å². The summed E-state index contributed by atoms with van der Waals surface area (Å²) in [6, 6.07) is 12.8. The molecular weight excluding hydrogens is 476 g/mol. The number of amides is 2. The summed E-state index contributed by atoms with van der Waals surface area (Å²) in [5, 5.41) is 4.43. The zero-order valence-corrected chi connectivity index (χ0v) is 19.0. The summed E-state index contributed by atoms with van der Waals surface area (Å²) >= 11 is 7.21. The topological polar surface area (TPSA) is 140 Å². The molecule has 0 unspecified atom stereocenters. The lowest BCUT2D eigenvalue weighted by Gasteiger charge is -2.10. The molecule has 0 aliphatic carbocycles. The minimum absolute atomic E-state index is 0.0309. The fraction of sp³-hybridized carbons (Fsp3) is 0.150. The second-order valence-electron chi connectivity index (χ2n) is 6.44. The highest BCUT2D eigenvalue weighted by Gasteiger charge is 2.19.